The van der Waals surface area contributed by atoms with E-state index in [1.165, 1.54) is 12.1 Å². The fourth-order valence-electron chi connectivity index (χ4n) is 3.16. The highest BCUT2D eigenvalue weighted by molar-refractivity contribution is 7.17. The van der Waals surface area contributed by atoms with Gasteiger partial charge in [0.25, 0.3) is 5.91 Å². The summed E-state index contributed by atoms with van der Waals surface area (Å²) in [6.45, 7) is 0.902. The lowest BCUT2D eigenvalue weighted by Gasteiger charge is -2.12. The summed E-state index contributed by atoms with van der Waals surface area (Å²) in [7, 11) is 0. The van der Waals surface area contributed by atoms with Gasteiger partial charge in [0.1, 0.15) is 9.88 Å². The van der Waals surface area contributed by atoms with Crippen LogP contribution in [0.4, 0.5) is 18.0 Å². The Morgan fingerprint density at radius 1 is 1.16 bits per heavy atom. The van der Waals surface area contributed by atoms with Crippen molar-refractivity contribution < 1.29 is 32.3 Å². The molecule has 0 spiro atoms. The second kappa shape index (κ2) is 9.46. The Hall–Kier alpha value is -2.95. The number of carbonyl (C=O) groups is 3. The van der Waals surface area contributed by atoms with Crippen molar-refractivity contribution >= 4 is 29.2 Å². The summed E-state index contributed by atoms with van der Waals surface area (Å²) in [5.74, 6) is -1.58. The highest BCUT2D eigenvalue weighted by Crippen LogP contribution is 2.33. The maximum Gasteiger partial charge on any atom is 0.416 e. The van der Waals surface area contributed by atoms with Crippen molar-refractivity contribution in [2.75, 3.05) is 6.61 Å². The van der Waals surface area contributed by atoms with Gasteiger partial charge in [-0.3, -0.25) is 10.1 Å². The first-order valence-electron chi connectivity index (χ1n) is 9.56. The number of hydrogen-bond donors (Lipinski definition) is 2. The van der Waals surface area contributed by atoms with Crippen LogP contribution in [0.2, 0.25) is 0 Å². The number of hydrogen-bond acceptors (Lipinski definition) is 6. The Labute approximate surface area is 180 Å². The van der Waals surface area contributed by atoms with Crippen LogP contribution in [0.25, 0.3) is 10.6 Å². The first-order valence-corrected chi connectivity index (χ1v) is 10.4. The molecule has 0 radical (unpaired) electrons. The Bertz CT molecular complexity index is 967. The summed E-state index contributed by atoms with van der Waals surface area (Å²) >= 11 is 0.943. The van der Waals surface area contributed by atoms with Gasteiger partial charge in [0, 0.05) is 11.6 Å². The van der Waals surface area contributed by atoms with Crippen LogP contribution in [0.3, 0.4) is 0 Å². The van der Waals surface area contributed by atoms with E-state index in [0.717, 1.165) is 49.2 Å². The summed E-state index contributed by atoms with van der Waals surface area (Å²) < 4.78 is 43.0. The Morgan fingerprint density at radius 3 is 2.42 bits per heavy atom. The third-order valence-electron chi connectivity index (χ3n) is 4.72. The molecule has 1 heterocycles. The number of alkyl halides is 3. The van der Waals surface area contributed by atoms with Crippen LogP contribution in [0.1, 0.15) is 46.6 Å². The van der Waals surface area contributed by atoms with Crippen LogP contribution in [-0.2, 0) is 15.7 Å². The first kappa shape index (κ1) is 22.7. The van der Waals surface area contributed by atoms with Crippen LogP contribution >= 0.6 is 11.3 Å². The van der Waals surface area contributed by atoms with Gasteiger partial charge in [0.2, 0.25) is 0 Å². The zero-order chi connectivity index (χ0) is 22.6. The zero-order valence-corrected chi connectivity index (χ0v) is 17.4. The van der Waals surface area contributed by atoms with Crippen molar-refractivity contribution in [3.05, 3.63) is 40.4 Å². The second-order valence-electron chi connectivity index (χ2n) is 7.09. The van der Waals surface area contributed by atoms with Crippen LogP contribution in [-0.4, -0.2) is 35.5 Å². The summed E-state index contributed by atoms with van der Waals surface area (Å²) in [4.78, 5) is 40.2. The van der Waals surface area contributed by atoms with E-state index in [-0.39, 0.29) is 10.9 Å². The van der Waals surface area contributed by atoms with Gasteiger partial charge in [-0.05, 0) is 31.9 Å². The topological polar surface area (TPSA) is 97.4 Å². The lowest BCUT2D eigenvalue weighted by molar-refractivity contribution is -0.137. The van der Waals surface area contributed by atoms with Crippen LogP contribution in [0.15, 0.2) is 24.3 Å². The fraction of sp³-hybridized carbons (Fsp3) is 0.400. The molecule has 31 heavy (non-hydrogen) atoms. The van der Waals surface area contributed by atoms with E-state index in [1.54, 1.807) is 6.92 Å². The van der Waals surface area contributed by atoms with Crippen molar-refractivity contribution in [1.29, 1.82) is 0 Å². The number of aryl methyl sites for hydroxylation is 1. The highest BCUT2D eigenvalue weighted by Gasteiger charge is 2.30. The number of nitrogens with zero attached hydrogens (tertiary/aromatic N) is 1. The number of halogens is 3. The van der Waals surface area contributed by atoms with Crippen molar-refractivity contribution in [3.8, 4) is 10.6 Å². The standard InChI is InChI=1S/C20H20F3N3O4S/c1-11-16(31-17(24-11)12-6-8-13(9-7-12)20(21,22)23)18(28)30-10-15(27)26-19(29)25-14-4-2-3-5-14/h6-9,14H,2-5,10H2,1H3,(H2,25,26,27,29). The molecule has 1 aliphatic carbocycles. The van der Waals surface area contributed by atoms with Gasteiger partial charge in [-0.2, -0.15) is 13.2 Å². The average molecular weight is 455 g/mol. The predicted molar refractivity (Wildman–Crippen MR) is 107 cm³/mol. The summed E-state index contributed by atoms with van der Waals surface area (Å²) in [5, 5.41) is 5.14. The smallest absolute Gasteiger partial charge is 0.416 e. The summed E-state index contributed by atoms with van der Waals surface area (Å²) in [5.41, 5.74) is -0.0436. The number of benzene rings is 1. The molecule has 0 atom stereocenters. The molecule has 1 aromatic heterocycles. The third-order valence-corrected chi connectivity index (χ3v) is 5.91. The van der Waals surface area contributed by atoms with Gasteiger partial charge in [0.15, 0.2) is 6.61 Å². The Kier molecular flexibility index (Phi) is 6.94. The van der Waals surface area contributed by atoms with Gasteiger partial charge in [0.05, 0.1) is 11.3 Å². The maximum atomic E-state index is 12.7. The van der Waals surface area contributed by atoms with E-state index in [9.17, 15) is 27.6 Å². The Morgan fingerprint density at radius 2 is 1.81 bits per heavy atom. The predicted octanol–water partition coefficient (Wildman–Crippen LogP) is 4.06. The number of thiazole rings is 1. The molecule has 1 aliphatic rings. The minimum absolute atomic E-state index is 0.0406. The van der Waals surface area contributed by atoms with E-state index < -0.39 is 36.3 Å². The molecule has 0 saturated heterocycles. The van der Waals surface area contributed by atoms with Crippen LogP contribution < -0.4 is 10.6 Å². The van der Waals surface area contributed by atoms with Gasteiger partial charge in [-0.15, -0.1) is 11.3 Å². The van der Waals surface area contributed by atoms with Crippen molar-refractivity contribution in [2.24, 2.45) is 0 Å². The molecule has 11 heteroatoms. The number of amides is 3. The van der Waals surface area contributed by atoms with Gasteiger partial charge >= 0.3 is 18.2 Å². The van der Waals surface area contributed by atoms with Crippen LogP contribution in [0.5, 0.6) is 0 Å². The summed E-state index contributed by atoms with van der Waals surface area (Å²) in [6, 6.07) is 3.82. The molecule has 1 fully saturated rings. The molecule has 2 N–H and O–H groups in total. The molecular weight excluding hydrogens is 435 g/mol. The van der Waals surface area contributed by atoms with Crippen molar-refractivity contribution in [1.82, 2.24) is 15.6 Å². The number of esters is 1. The second-order valence-corrected chi connectivity index (χ2v) is 8.09. The van der Waals surface area contributed by atoms with E-state index in [4.69, 9.17) is 4.74 Å². The fourth-order valence-corrected chi connectivity index (χ4v) is 4.13. The number of imide groups is 1. The molecule has 7 nitrogen and oxygen atoms in total. The number of carbonyl (C=O) groups excluding carboxylic acids is 3. The van der Waals surface area contributed by atoms with Crippen molar-refractivity contribution in [3.63, 3.8) is 0 Å². The van der Waals surface area contributed by atoms with Crippen LogP contribution in [0, 0.1) is 6.92 Å². The minimum atomic E-state index is -4.44. The maximum absolute atomic E-state index is 12.7. The highest BCUT2D eigenvalue weighted by atomic mass is 32.1. The molecule has 2 aromatic rings. The molecule has 3 rings (SSSR count). The van der Waals surface area contributed by atoms with E-state index in [0.29, 0.717) is 16.3 Å². The Balaban J connectivity index is 1.55. The number of nitrogens with one attached hydrogen (secondary N) is 2. The molecule has 0 aliphatic heterocycles. The number of rotatable bonds is 5. The number of aromatic nitrogens is 1. The normalized spacial score (nSPS) is 14.3. The molecule has 3 amide bonds. The minimum Gasteiger partial charge on any atom is -0.451 e. The van der Waals surface area contributed by atoms with Crippen molar-refractivity contribution in [2.45, 2.75) is 44.8 Å². The number of urea groups is 1. The van der Waals surface area contributed by atoms with E-state index in [2.05, 4.69) is 15.6 Å². The third kappa shape index (κ3) is 6.03. The molecule has 0 unspecified atom stereocenters. The number of ether oxygens (including phenoxy) is 1. The average Bonchev–Trinajstić information content (AvgIpc) is 3.35. The SMILES string of the molecule is Cc1nc(-c2ccc(C(F)(F)F)cc2)sc1C(=O)OCC(=O)NC(=O)NC1CCCC1. The largest absolute Gasteiger partial charge is 0.451 e. The first-order chi connectivity index (χ1) is 14.6. The molecule has 0 bridgehead atoms. The molecule has 166 valence electrons. The lowest BCUT2D eigenvalue weighted by atomic mass is 10.1. The van der Waals surface area contributed by atoms with Gasteiger partial charge < -0.3 is 10.1 Å². The molecule has 1 saturated carbocycles. The molecule has 1 aromatic carbocycles. The van der Waals surface area contributed by atoms with E-state index >= 15 is 0 Å². The zero-order valence-electron chi connectivity index (χ0n) is 16.5. The van der Waals surface area contributed by atoms with Gasteiger partial charge in [-0.1, -0.05) is 25.0 Å². The quantitative estimate of drug-likeness (QED) is 0.663. The lowest BCUT2D eigenvalue weighted by Crippen LogP contribution is -2.44. The van der Waals surface area contributed by atoms with E-state index in [1.807, 2.05) is 0 Å². The monoisotopic (exact) mass is 455 g/mol. The summed E-state index contributed by atoms with van der Waals surface area (Å²) in [6.07, 6.45) is -0.662. The van der Waals surface area contributed by atoms with Gasteiger partial charge in [-0.25, -0.2) is 14.6 Å². The molecular formula is C20H20F3N3O4S.